The Morgan fingerprint density at radius 3 is 2.13 bits per heavy atom. The lowest BCUT2D eigenvalue weighted by molar-refractivity contribution is -0.126. The Hall–Kier alpha value is -1.93. The Balaban J connectivity index is 1.63. The standard InChI is InChI=1S/C15H19N3O4S/c1-23(21,22)12-4-2-11(3-5-12)17-6-8-18(9-7-17)13-10-14(19)16-15(13)20/h2-5,13H,6-10H2,1H3,(H,16,19,20)/t13-/m1/s1. The minimum absolute atomic E-state index is 0.207. The largest absolute Gasteiger partial charge is 0.369 e. The molecule has 2 saturated heterocycles. The molecule has 0 radical (unpaired) electrons. The molecule has 2 aliphatic heterocycles. The number of carbonyl (C=O) groups excluding carboxylic acids is 2. The van der Waals surface area contributed by atoms with E-state index in [0.29, 0.717) is 18.0 Å². The first-order valence-electron chi connectivity index (χ1n) is 7.47. The lowest BCUT2D eigenvalue weighted by Crippen LogP contribution is -2.52. The van der Waals surface area contributed by atoms with E-state index in [2.05, 4.69) is 10.2 Å². The highest BCUT2D eigenvalue weighted by Crippen LogP contribution is 2.21. The normalized spacial score (nSPS) is 23.2. The van der Waals surface area contributed by atoms with Gasteiger partial charge in [-0.05, 0) is 24.3 Å². The number of sulfone groups is 1. The Labute approximate surface area is 135 Å². The molecule has 0 aliphatic carbocycles. The van der Waals surface area contributed by atoms with Crippen molar-refractivity contribution in [1.29, 1.82) is 0 Å². The zero-order valence-electron chi connectivity index (χ0n) is 12.9. The highest BCUT2D eigenvalue weighted by Gasteiger charge is 2.36. The van der Waals surface area contributed by atoms with Gasteiger partial charge in [0, 0.05) is 38.1 Å². The number of piperazine rings is 1. The summed E-state index contributed by atoms with van der Waals surface area (Å²) in [7, 11) is -3.18. The van der Waals surface area contributed by atoms with E-state index in [1.807, 2.05) is 4.90 Å². The van der Waals surface area contributed by atoms with Gasteiger partial charge in [0.2, 0.25) is 11.8 Å². The molecule has 124 valence electrons. The lowest BCUT2D eigenvalue weighted by Gasteiger charge is -2.38. The van der Waals surface area contributed by atoms with E-state index in [9.17, 15) is 18.0 Å². The van der Waals surface area contributed by atoms with E-state index < -0.39 is 9.84 Å². The molecule has 23 heavy (non-hydrogen) atoms. The van der Waals surface area contributed by atoms with Gasteiger partial charge in [-0.2, -0.15) is 0 Å². The van der Waals surface area contributed by atoms with Crippen LogP contribution >= 0.6 is 0 Å². The summed E-state index contributed by atoms with van der Waals surface area (Å²) in [5, 5.41) is 2.34. The fourth-order valence-corrected chi connectivity index (χ4v) is 3.66. The van der Waals surface area contributed by atoms with Crippen LogP contribution in [-0.4, -0.2) is 63.6 Å². The van der Waals surface area contributed by atoms with Crippen LogP contribution in [-0.2, 0) is 19.4 Å². The molecule has 2 amide bonds. The second kappa shape index (κ2) is 5.93. The molecule has 2 aliphatic rings. The molecule has 0 bridgehead atoms. The van der Waals surface area contributed by atoms with Gasteiger partial charge in [0.25, 0.3) is 0 Å². The van der Waals surface area contributed by atoms with Gasteiger partial charge in [0.15, 0.2) is 9.84 Å². The number of carbonyl (C=O) groups is 2. The number of hydrogen-bond acceptors (Lipinski definition) is 6. The molecular formula is C15H19N3O4S. The van der Waals surface area contributed by atoms with Crippen LogP contribution in [0.25, 0.3) is 0 Å². The summed E-state index contributed by atoms with van der Waals surface area (Å²) < 4.78 is 23.0. The first-order chi connectivity index (χ1) is 10.8. The van der Waals surface area contributed by atoms with Crippen molar-refractivity contribution in [3.05, 3.63) is 24.3 Å². The second-order valence-corrected chi connectivity index (χ2v) is 7.94. The zero-order chi connectivity index (χ0) is 16.6. The number of amides is 2. The molecule has 0 aromatic heterocycles. The van der Waals surface area contributed by atoms with E-state index in [0.717, 1.165) is 18.8 Å². The summed E-state index contributed by atoms with van der Waals surface area (Å²) in [6.45, 7) is 2.85. The Kier molecular flexibility index (Phi) is 4.11. The first-order valence-corrected chi connectivity index (χ1v) is 9.36. The average molecular weight is 337 g/mol. The van der Waals surface area contributed by atoms with Crippen molar-refractivity contribution in [3.63, 3.8) is 0 Å². The Morgan fingerprint density at radius 2 is 1.65 bits per heavy atom. The van der Waals surface area contributed by atoms with Crippen molar-refractivity contribution in [1.82, 2.24) is 10.2 Å². The number of anilines is 1. The summed E-state index contributed by atoms with van der Waals surface area (Å²) in [5.41, 5.74) is 0.962. The maximum atomic E-state index is 11.7. The molecule has 1 atom stereocenters. The Bertz CT molecular complexity index is 722. The third-order valence-electron chi connectivity index (χ3n) is 4.33. The summed E-state index contributed by atoms with van der Waals surface area (Å²) in [6.07, 6.45) is 1.43. The van der Waals surface area contributed by atoms with Crippen molar-refractivity contribution in [3.8, 4) is 0 Å². The molecule has 7 nitrogen and oxygen atoms in total. The SMILES string of the molecule is CS(=O)(=O)c1ccc(N2CCN([C@@H]3CC(=O)NC3=O)CC2)cc1. The van der Waals surface area contributed by atoms with E-state index in [1.54, 1.807) is 24.3 Å². The van der Waals surface area contributed by atoms with Crippen LogP contribution in [0.4, 0.5) is 5.69 Å². The number of imide groups is 1. The van der Waals surface area contributed by atoms with Gasteiger partial charge in [-0.15, -0.1) is 0 Å². The minimum atomic E-state index is -3.18. The molecule has 2 fully saturated rings. The summed E-state index contributed by atoms with van der Waals surface area (Å²) in [6, 6.07) is 6.48. The molecular weight excluding hydrogens is 318 g/mol. The smallest absolute Gasteiger partial charge is 0.244 e. The van der Waals surface area contributed by atoms with Crippen LogP contribution in [0.5, 0.6) is 0 Å². The predicted molar refractivity (Wildman–Crippen MR) is 84.9 cm³/mol. The topological polar surface area (TPSA) is 86.8 Å². The van der Waals surface area contributed by atoms with Gasteiger partial charge in [0.05, 0.1) is 17.4 Å². The number of nitrogens with one attached hydrogen (secondary N) is 1. The van der Waals surface area contributed by atoms with Crippen molar-refractivity contribution >= 4 is 27.3 Å². The molecule has 3 rings (SSSR count). The lowest BCUT2D eigenvalue weighted by atomic mass is 10.1. The molecule has 0 unspecified atom stereocenters. The number of benzene rings is 1. The average Bonchev–Trinajstić information content (AvgIpc) is 2.85. The van der Waals surface area contributed by atoms with Gasteiger partial charge in [-0.25, -0.2) is 8.42 Å². The van der Waals surface area contributed by atoms with Crippen molar-refractivity contribution < 1.29 is 18.0 Å². The maximum absolute atomic E-state index is 11.7. The summed E-state index contributed by atoms with van der Waals surface area (Å²) >= 11 is 0. The first kappa shape index (κ1) is 15.9. The highest BCUT2D eigenvalue weighted by molar-refractivity contribution is 7.90. The van der Waals surface area contributed by atoms with Crippen LogP contribution < -0.4 is 10.2 Å². The summed E-state index contributed by atoms with van der Waals surface area (Å²) in [4.78, 5) is 27.5. The number of rotatable bonds is 3. The monoisotopic (exact) mass is 337 g/mol. The number of hydrogen-bond donors (Lipinski definition) is 1. The van der Waals surface area contributed by atoms with E-state index in [1.165, 1.54) is 6.26 Å². The Morgan fingerprint density at radius 1 is 1.04 bits per heavy atom. The molecule has 8 heteroatoms. The number of nitrogens with zero attached hydrogens (tertiary/aromatic N) is 2. The summed E-state index contributed by atoms with van der Waals surface area (Å²) in [5.74, 6) is -0.417. The fourth-order valence-electron chi connectivity index (χ4n) is 3.03. The van der Waals surface area contributed by atoms with Gasteiger partial charge >= 0.3 is 0 Å². The minimum Gasteiger partial charge on any atom is -0.369 e. The molecule has 0 spiro atoms. The van der Waals surface area contributed by atoms with E-state index in [-0.39, 0.29) is 24.3 Å². The van der Waals surface area contributed by atoms with E-state index in [4.69, 9.17) is 0 Å². The van der Waals surface area contributed by atoms with Crippen molar-refractivity contribution in [2.75, 3.05) is 37.3 Å². The van der Waals surface area contributed by atoms with Gasteiger partial charge in [0.1, 0.15) is 0 Å². The van der Waals surface area contributed by atoms with Gasteiger partial charge in [-0.3, -0.25) is 19.8 Å². The van der Waals surface area contributed by atoms with Crippen LogP contribution in [0.1, 0.15) is 6.42 Å². The quantitative estimate of drug-likeness (QED) is 0.757. The predicted octanol–water partition coefficient (Wildman–Crippen LogP) is -0.373. The third kappa shape index (κ3) is 3.37. The molecule has 1 aromatic rings. The van der Waals surface area contributed by atoms with E-state index >= 15 is 0 Å². The van der Waals surface area contributed by atoms with Crippen molar-refractivity contribution in [2.45, 2.75) is 17.4 Å². The third-order valence-corrected chi connectivity index (χ3v) is 5.46. The van der Waals surface area contributed by atoms with Crippen LogP contribution in [0.15, 0.2) is 29.2 Å². The molecule has 2 heterocycles. The highest BCUT2D eigenvalue weighted by atomic mass is 32.2. The van der Waals surface area contributed by atoms with Crippen molar-refractivity contribution in [2.24, 2.45) is 0 Å². The zero-order valence-corrected chi connectivity index (χ0v) is 13.7. The maximum Gasteiger partial charge on any atom is 0.244 e. The molecule has 1 aromatic carbocycles. The van der Waals surface area contributed by atoms with Gasteiger partial charge in [-0.1, -0.05) is 0 Å². The van der Waals surface area contributed by atoms with Crippen LogP contribution in [0.2, 0.25) is 0 Å². The van der Waals surface area contributed by atoms with Crippen LogP contribution in [0.3, 0.4) is 0 Å². The second-order valence-electron chi connectivity index (χ2n) is 5.92. The molecule has 0 saturated carbocycles. The van der Waals surface area contributed by atoms with Gasteiger partial charge < -0.3 is 4.90 Å². The fraction of sp³-hybridized carbons (Fsp3) is 0.467. The van der Waals surface area contributed by atoms with Crippen LogP contribution in [0, 0.1) is 0 Å². The molecule has 1 N–H and O–H groups in total.